The fraction of sp³-hybridized carbons (Fsp3) is 0.417. The summed E-state index contributed by atoms with van der Waals surface area (Å²) in [4.78, 5) is 11.5. The van der Waals surface area contributed by atoms with E-state index in [1.165, 1.54) is 0 Å². The molecule has 1 fully saturated rings. The molecule has 1 aliphatic heterocycles. The van der Waals surface area contributed by atoms with Crippen molar-refractivity contribution in [1.29, 1.82) is 0 Å². The van der Waals surface area contributed by atoms with Gasteiger partial charge in [-0.2, -0.15) is 11.8 Å². The van der Waals surface area contributed by atoms with Crippen molar-refractivity contribution in [3.63, 3.8) is 0 Å². The van der Waals surface area contributed by atoms with Crippen LogP contribution in [0.25, 0.3) is 0 Å². The summed E-state index contributed by atoms with van der Waals surface area (Å²) >= 11 is 1.57. The van der Waals surface area contributed by atoms with Gasteiger partial charge in [0.2, 0.25) is 0 Å². The first-order valence-electron chi connectivity index (χ1n) is 5.89. The zero-order valence-electron chi connectivity index (χ0n) is 10.4. The van der Waals surface area contributed by atoms with Crippen molar-refractivity contribution < 1.29 is 23.1 Å². The number of urea groups is 1. The summed E-state index contributed by atoms with van der Waals surface area (Å²) in [5, 5.41) is 14.4. The summed E-state index contributed by atoms with van der Waals surface area (Å²) in [5.74, 6) is -2.35. The SMILES string of the molecule is O=C(NCC1(O)CCSC1)Nc1cc(F)c(F)cc1F. The lowest BCUT2D eigenvalue weighted by Gasteiger charge is -2.21. The molecule has 2 rings (SSSR count). The van der Waals surface area contributed by atoms with E-state index in [0.717, 1.165) is 5.75 Å². The molecule has 0 aromatic heterocycles. The van der Waals surface area contributed by atoms with Crippen molar-refractivity contribution >= 4 is 23.5 Å². The van der Waals surface area contributed by atoms with E-state index in [9.17, 15) is 23.1 Å². The maximum Gasteiger partial charge on any atom is 0.319 e. The number of aliphatic hydroxyl groups is 1. The van der Waals surface area contributed by atoms with E-state index in [2.05, 4.69) is 10.6 Å². The normalized spacial score (nSPS) is 21.8. The lowest BCUT2D eigenvalue weighted by molar-refractivity contribution is 0.0706. The van der Waals surface area contributed by atoms with Gasteiger partial charge >= 0.3 is 6.03 Å². The average molecular weight is 306 g/mol. The summed E-state index contributed by atoms with van der Waals surface area (Å²) in [6, 6.07) is 0.122. The summed E-state index contributed by atoms with van der Waals surface area (Å²) < 4.78 is 39.0. The van der Waals surface area contributed by atoms with Crippen LogP contribution in [0.15, 0.2) is 12.1 Å². The maximum atomic E-state index is 13.3. The highest BCUT2D eigenvalue weighted by atomic mass is 32.2. The molecule has 1 aromatic rings. The predicted molar refractivity (Wildman–Crippen MR) is 70.2 cm³/mol. The average Bonchev–Trinajstić information content (AvgIpc) is 2.81. The fourth-order valence-electron chi connectivity index (χ4n) is 1.77. The van der Waals surface area contributed by atoms with E-state index in [-0.39, 0.29) is 6.54 Å². The van der Waals surface area contributed by atoms with E-state index < -0.39 is 34.8 Å². The third-order valence-electron chi connectivity index (χ3n) is 2.92. The van der Waals surface area contributed by atoms with Crippen LogP contribution < -0.4 is 10.6 Å². The quantitative estimate of drug-likeness (QED) is 0.749. The molecule has 8 heteroatoms. The Morgan fingerprint density at radius 2 is 2.00 bits per heavy atom. The van der Waals surface area contributed by atoms with Crippen molar-refractivity contribution in [3.05, 3.63) is 29.6 Å². The Balaban J connectivity index is 1.93. The first-order chi connectivity index (χ1) is 9.39. The van der Waals surface area contributed by atoms with Crippen molar-refractivity contribution in [2.24, 2.45) is 0 Å². The number of thioether (sulfide) groups is 1. The second-order valence-corrected chi connectivity index (χ2v) is 5.69. The molecule has 1 atom stereocenters. The van der Waals surface area contributed by atoms with E-state index in [1.807, 2.05) is 0 Å². The lowest BCUT2D eigenvalue weighted by atomic mass is 10.0. The van der Waals surface area contributed by atoms with Crippen molar-refractivity contribution in [2.75, 3.05) is 23.4 Å². The number of hydrogen-bond donors (Lipinski definition) is 3. The van der Waals surface area contributed by atoms with Gasteiger partial charge in [0.25, 0.3) is 0 Å². The molecule has 4 nitrogen and oxygen atoms in total. The van der Waals surface area contributed by atoms with Gasteiger partial charge in [0.15, 0.2) is 11.6 Å². The van der Waals surface area contributed by atoms with Gasteiger partial charge in [-0.15, -0.1) is 0 Å². The van der Waals surface area contributed by atoms with Gasteiger partial charge in [0, 0.05) is 24.4 Å². The minimum absolute atomic E-state index is 0.0110. The molecular formula is C12H13F3N2O2S. The zero-order chi connectivity index (χ0) is 14.8. The molecule has 0 spiro atoms. The predicted octanol–water partition coefficient (Wildman–Crippen LogP) is 2.09. The molecule has 3 N–H and O–H groups in total. The van der Waals surface area contributed by atoms with E-state index >= 15 is 0 Å². The van der Waals surface area contributed by atoms with Crippen molar-refractivity contribution in [2.45, 2.75) is 12.0 Å². The number of nitrogens with one attached hydrogen (secondary N) is 2. The van der Waals surface area contributed by atoms with E-state index in [0.29, 0.717) is 24.3 Å². The molecule has 1 unspecified atom stereocenters. The fourth-order valence-corrected chi connectivity index (χ4v) is 3.06. The highest BCUT2D eigenvalue weighted by molar-refractivity contribution is 7.99. The van der Waals surface area contributed by atoms with Crippen LogP contribution in [0, 0.1) is 17.5 Å². The van der Waals surface area contributed by atoms with Gasteiger partial charge < -0.3 is 15.7 Å². The Labute approximate surface area is 117 Å². The largest absolute Gasteiger partial charge is 0.387 e. The summed E-state index contributed by atoms with van der Waals surface area (Å²) in [6.07, 6.45) is 0.553. The molecule has 0 bridgehead atoms. The molecular weight excluding hydrogens is 293 g/mol. The Bertz CT molecular complexity index is 522. The summed E-state index contributed by atoms with van der Waals surface area (Å²) in [7, 11) is 0. The molecule has 1 heterocycles. The molecule has 1 saturated heterocycles. The Kier molecular flexibility index (Phi) is 4.44. The van der Waals surface area contributed by atoms with Crippen LogP contribution in [-0.4, -0.2) is 34.8 Å². The van der Waals surface area contributed by atoms with Gasteiger partial charge in [-0.25, -0.2) is 18.0 Å². The van der Waals surface area contributed by atoms with Crippen LogP contribution in [0.3, 0.4) is 0 Å². The third kappa shape index (κ3) is 3.57. The number of hydrogen-bond acceptors (Lipinski definition) is 3. The monoisotopic (exact) mass is 306 g/mol. The van der Waals surface area contributed by atoms with Crippen LogP contribution in [0.4, 0.5) is 23.7 Å². The summed E-state index contributed by atoms with van der Waals surface area (Å²) in [6.45, 7) is 0.0110. The summed E-state index contributed by atoms with van der Waals surface area (Å²) in [5.41, 5.74) is -1.44. The number of rotatable bonds is 3. The smallest absolute Gasteiger partial charge is 0.319 e. The minimum atomic E-state index is -1.33. The van der Waals surface area contributed by atoms with Crippen LogP contribution in [0.2, 0.25) is 0 Å². The topological polar surface area (TPSA) is 61.4 Å². The van der Waals surface area contributed by atoms with Crippen LogP contribution in [0.5, 0.6) is 0 Å². The number of carbonyl (C=O) groups excluding carboxylic acids is 1. The van der Waals surface area contributed by atoms with Gasteiger partial charge in [-0.05, 0) is 12.2 Å². The number of halogens is 3. The van der Waals surface area contributed by atoms with E-state index in [1.54, 1.807) is 11.8 Å². The van der Waals surface area contributed by atoms with Crippen LogP contribution >= 0.6 is 11.8 Å². The highest BCUT2D eigenvalue weighted by Crippen LogP contribution is 2.27. The van der Waals surface area contributed by atoms with Crippen molar-refractivity contribution in [1.82, 2.24) is 5.32 Å². The van der Waals surface area contributed by atoms with Crippen LogP contribution in [-0.2, 0) is 0 Å². The molecule has 0 saturated carbocycles. The molecule has 0 aliphatic carbocycles. The number of amides is 2. The Morgan fingerprint density at radius 3 is 2.65 bits per heavy atom. The molecule has 1 aliphatic rings. The first kappa shape index (κ1) is 15.0. The number of benzene rings is 1. The lowest BCUT2D eigenvalue weighted by Crippen LogP contribution is -2.44. The van der Waals surface area contributed by atoms with Gasteiger partial charge in [-0.1, -0.05) is 0 Å². The number of carbonyl (C=O) groups is 1. The Morgan fingerprint density at radius 1 is 1.30 bits per heavy atom. The number of anilines is 1. The third-order valence-corrected chi connectivity index (χ3v) is 4.15. The molecule has 20 heavy (non-hydrogen) atoms. The highest BCUT2D eigenvalue weighted by Gasteiger charge is 2.32. The molecule has 1 aromatic carbocycles. The second-order valence-electron chi connectivity index (χ2n) is 4.58. The molecule has 2 amide bonds. The molecule has 0 radical (unpaired) electrons. The van der Waals surface area contributed by atoms with Crippen LogP contribution in [0.1, 0.15) is 6.42 Å². The Hall–Kier alpha value is -1.41. The zero-order valence-corrected chi connectivity index (χ0v) is 11.2. The van der Waals surface area contributed by atoms with Gasteiger partial charge in [-0.3, -0.25) is 0 Å². The maximum absolute atomic E-state index is 13.3. The first-order valence-corrected chi connectivity index (χ1v) is 7.05. The second kappa shape index (κ2) is 5.92. The van der Waals surface area contributed by atoms with E-state index in [4.69, 9.17) is 0 Å². The van der Waals surface area contributed by atoms with Crippen molar-refractivity contribution in [3.8, 4) is 0 Å². The molecule has 110 valence electrons. The minimum Gasteiger partial charge on any atom is -0.387 e. The van der Waals surface area contributed by atoms with Gasteiger partial charge in [0.1, 0.15) is 5.82 Å². The standard InChI is InChI=1S/C12H13F3N2O2S/c13-7-3-9(15)10(4-8(7)14)17-11(18)16-5-12(19)1-2-20-6-12/h3-4,19H,1-2,5-6H2,(H2,16,17,18). The van der Waals surface area contributed by atoms with Gasteiger partial charge in [0.05, 0.1) is 11.3 Å².